The molecule has 3 fully saturated rings. The Morgan fingerprint density at radius 3 is 2.38 bits per heavy atom. The average Bonchev–Trinajstić information content (AvgIpc) is 3.04. The molecular formula is C21H36O5. The van der Waals surface area contributed by atoms with Crippen molar-refractivity contribution in [2.24, 2.45) is 28.6 Å². The van der Waals surface area contributed by atoms with Crippen molar-refractivity contribution in [1.82, 2.24) is 0 Å². The Morgan fingerprint density at radius 2 is 1.77 bits per heavy atom. The van der Waals surface area contributed by atoms with E-state index in [4.69, 9.17) is 18.9 Å². The number of carbonyl (C=O) groups excluding carboxylic acids is 1. The van der Waals surface area contributed by atoms with E-state index in [1.807, 2.05) is 7.11 Å². The summed E-state index contributed by atoms with van der Waals surface area (Å²) in [7, 11) is 5.11. The first-order valence-corrected chi connectivity index (χ1v) is 10.1. The second kappa shape index (κ2) is 7.50. The van der Waals surface area contributed by atoms with Crippen molar-refractivity contribution in [3.63, 3.8) is 0 Å². The molecule has 8 atom stereocenters. The molecule has 0 spiro atoms. The molecule has 0 aliphatic heterocycles. The maximum Gasteiger partial charge on any atom is 0.164 e. The van der Waals surface area contributed by atoms with Crippen LogP contribution in [-0.2, 0) is 23.7 Å². The predicted octanol–water partition coefficient (Wildman–Crippen LogP) is 3.45. The highest BCUT2D eigenvalue weighted by atomic mass is 16.7. The summed E-state index contributed by atoms with van der Waals surface area (Å²) in [6.45, 7) is 7.08. The van der Waals surface area contributed by atoms with Gasteiger partial charge in [-0.3, -0.25) is 4.79 Å². The molecule has 0 heterocycles. The van der Waals surface area contributed by atoms with Gasteiger partial charge in [-0.05, 0) is 42.9 Å². The average molecular weight is 369 g/mol. The molecule has 5 heteroatoms. The van der Waals surface area contributed by atoms with E-state index in [1.54, 1.807) is 14.2 Å². The summed E-state index contributed by atoms with van der Waals surface area (Å²) >= 11 is 0. The number of carbonyl (C=O) groups is 1. The molecule has 3 rings (SSSR count). The van der Waals surface area contributed by atoms with E-state index in [9.17, 15) is 4.79 Å². The molecule has 3 saturated carbocycles. The van der Waals surface area contributed by atoms with E-state index < -0.39 is 6.10 Å². The number of methoxy groups -OCH3 is 3. The van der Waals surface area contributed by atoms with Gasteiger partial charge in [-0.15, -0.1) is 0 Å². The third-order valence-corrected chi connectivity index (χ3v) is 8.36. The van der Waals surface area contributed by atoms with E-state index in [0.717, 1.165) is 25.7 Å². The smallest absolute Gasteiger partial charge is 0.164 e. The largest absolute Gasteiger partial charge is 0.381 e. The Balaban J connectivity index is 2.13. The van der Waals surface area contributed by atoms with Gasteiger partial charge in [0.1, 0.15) is 12.9 Å². The van der Waals surface area contributed by atoms with E-state index in [1.165, 1.54) is 0 Å². The molecule has 2 bridgehead atoms. The number of Topliss-reactive ketones (excluding diaryl/α,β-unsaturated/α-hetero) is 1. The number of hydrogen-bond acceptors (Lipinski definition) is 5. The Morgan fingerprint density at radius 1 is 1.08 bits per heavy atom. The maximum absolute atomic E-state index is 13.3. The molecule has 3 unspecified atom stereocenters. The van der Waals surface area contributed by atoms with Crippen molar-refractivity contribution in [2.45, 2.75) is 71.2 Å². The van der Waals surface area contributed by atoms with E-state index in [2.05, 4.69) is 20.8 Å². The zero-order valence-corrected chi connectivity index (χ0v) is 17.2. The minimum atomic E-state index is -0.407. The van der Waals surface area contributed by atoms with Crippen LogP contribution in [0.2, 0.25) is 0 Å². The number of rotatable bonds is 5. The van der Waals surface area contributed by atoms with Crippen LogP contribution < -0.4 is 0 Å². The van der Waals surface area contributed by atoms with Crippen molar-refractivity contribution in [1.29, 1.82) is 0 Å². The molecule has 0 radical (unpaired) electrons. The molecule has 150 valence electrons. The number of hydrogen-bond donors (Lipinski definition) is 0. The van der Waals surface area contributed by atoms with E-state index >= 15 is 0 Å². The van der Waals surface area contributed by atoms with Crippen molar-refractivity contribution in [3.05, 3.63) is 0 Å². The van der Waals surface area contributed by atoms with Crippen LogP contribution in [0.4, 0.5) is 0 Å². The first-order valence-electron chi connectivity index (χ1n) is 10.1. The van der Waals surface area contributed by atoms with Gasteiger partial charge in [0.15, 0.2) is 5.78 Å². The predicted molar refractivity (Wildman–Crippen MR) is 98.8 cm³/mol. The third-order valence-electron chi connectivity index (χ3n) is 8.36. The molecule has 0 saturated heterocycles. The molecule has 5 nitrogen and oxygen atoms in total. The van der Waals surface area contributed by atoms with Gasteiger partial charge in [0.05, 0.1) is 12.2 Å². The van der Waals surface area contributed by atoms with Crippen molar-refractivity contribution < 1.29 is 23.7 Å². The van der Waals surface area contributed by atoms with Gasteiger partial charge in [0, 0.05) is 39.1 Å². The Bertz CT molecular complexity index is 523. The van der Waals surface area contributed by atoms with Gasteiger partial charge in [-0.25, -0.2) is 0 Å². The lowest BCUT2D eigenvalue weighted by Gasteiger charge is -2.61. The van der Waals surface area contributed by atoms with Gasteiger partial charge in [-0.2, -0.15) is 0 Å². The number of ketones is 1. The van der Waals surface area contributed by atoms with Crippen molar-refractivity contribution in [2.75, 3.05) is 28.1 Å². The molecule has 3 aliphatic rings. The highest BCUT2D eigenvalue weighted by molar-refractivity contribution is 5.86. The van der Waals surface area contributed by atoms with Crippen LogP contribution in [0, 0.1) is 28.6 Å². The van der Waals surface area contributed by atoms with Crippen LogP contribution in [0.25, 0.3) is 0 Å². The molecule has 0 aromatic rings. The van der Waals surface area contributed by atoms with Crippen LogP contribution in [0.1, 0.15) is 52.9 Å². The highest BCUT2D eigenvalue weighted by Gasteiger charge is 2.67. The van der Waals surface area contributed by atoms with Crippen LogP contribution in [0.3, 0.4) is 0 Å². The van der Waals surface area contributed by atoms with E-state index in [0.29, 0.717) is 18.3 Å². The van der Waals surface area contributed by atoms with Crippen LogP contribution >= 0.6 is 0 Å². The third kappa shape index (κ3) is 2.78. The molecule has 0 N–H and O–H groups in total. The lowest BCUT2D eigenvalue weighted by molar-refractivity contribution is -0.218. The normalized spacial score (nSPS) is 48.8. The van der Waals surface area contributed by atoms with Gasteiger partial charge in [0.25, 0.3) is 0 Å². The molecule has 0 amide bonds. The summed E-state index contributed by atoms with van der Waals surface area (Å²) in [4.78, 5) is 13.3. The molecule has 0 aromatic carbocycles. The second-order valence-corrected chi connectivity index (χ2v) is 8.98. The minimum Gasteiger partial charge on any atom is -0.381 e. The zero-order valence-electron chi connectivity index (χ0n) is 17.2. The van der Waals surface area contributed by atoms with Gasteiger partial charge < -0.3 is 18.9 Å². The standard InChI is InChI=1S/C21H36O5/c1-13-7-9-21-10-8-15(24-5)19(21)20(13,3)17(26-12-23-4)11-16(25-6)18(22)14(21)2/h13-17,19H,7-12H2,1-6H3/t13-,14+,15-,16?,17-,19?,20+,21?/m1/s1. The topological polar surface area (TPSA) is 54.0 Å². The highest BCUT2D eigenvalue weighted by Crippen LogP contribution is 2.67. The molecule has 26 heavy (non-hydrogen) atoms. The lowest BCUT2D eigenvalue weighted by Crippen LogP contribution is -2.62. The fourth-order valence-corrected chi connectivity index (χ4v) is 6.72. The van der Waals surface area contributed by atoms with Gasteiger partial charge in [-0.1, -0.05) is 20.8 Å². The summed E-state index contributed by atoms with van der Waals surface area (Å²) < 4.78 is 23.1. The fourth-order valence-electron chi connectivity index (χ4n) is 6.72. The Kier molecular flexibility index (Phi) is 5.84. The van der Waals surface area contributed by atoms with Crippen LogP contribution in [0.15, 0.2) is 0 Å². The summed E-state index contributed by atoms with van der Waals surface area (Å²) in [6.07, 6.45) is 4.59. The summed E-state index contributed by atoms with van der Waals surface area (Å²) in [5, 5.41) is 0. The summed E-state index contributed by atoms with van der Waals surface area (Å²) in [5.41, 5.74) is -0.0788. The van der Waals surface area contributed by atoms with E-state index in [-0.39, 0.29) is 41.5 Å². The maximum atomic E-state index is 13.3. The number of ether oxygens (including phenoxy) is 4. The SMILES string of the molecule is COCO[C@@H]1CC(OC)C(=O)[C@H](C)C23CC[C@@H](C)[C@]1(C)C2[C@H](OC)CC3. The van der Waals surface area contributed by atoms with Crippen molar-refractivity contribution >= 4 is 5.78 Å². The Hall–Kier alpha value is -0.490. The first kappa shape index (κ1) is 20.2. The van der Waals surface area contributed by atoms with Gasteiger partial charge in [0.2, 0.25) is 0 Å². The minimum absolute atomic E-state index is 0.00667. The summed E-state index contributed by atoms with van der Waals surface area (Å²) in [5.74, 6) is 1.04. The van der Waals surface area contributed by atoms with Crippen LogP contribution in [-0.4, -0.2) is 52.2 Å². The lowest BCUT2D eigenvalue weighted by atomic mass is 9.45. The zero-order chi connectivity index (χ0) is 19.1. The van der Waals surface area contributed by atoms with Crippen molar-refractivity contribution in [3.8, 4) is 0 Å². The molecule has 3 aliphatic carbocycles. The summed E-state index contributed by atoms with van der Waals surface area (Å²) in [6, 6.07) is 0. The Labute approximate surface area is 158 Å². The fraction of sp³-hybridized carbons (Fsp3) is 0.952. The quantitative estimate of drug-likeness (QED) is 0.696. The molecule has 0 aromatic heterocycles. The first-order chi connectivity index (χ1) is 12.4. The monoisotopic (exact) mass is 368 g/mol. The second-order valence-electron chi connectivity index (χ2n) is 8.98. The molecular weight excluding hydrogens is 332 g/mol. The van der Waals surface area contributed by atoms with Gasteiger partial charge >= 0.3 is 0 Å². The van der Waals surface area contributed by atoms with Crippen LogP contribution in [0.5, 0.6) is 0 Å².